The van der Waals surface area contributed by atoms with Crippen LogP contribution in [0.15, 0.2) is 41.3 Å². The number of hydrogen-bond donors (Lipinski definition) is 1. The minimum Gasteiger partial charge on any atom is -0.494 e. The van der Waals surface area contributed by atoms with Crippen molar-refractivity contribution in [2.45, 2.75) is 23.8 Å². The van der Waals surface area contributed by atoms with E-state index >= 15 is 0 Å². The smallest absolute Gasteiger partial charge is 0.295 e. The van der Waals surface area contributed by atoms with E-state index in [1.54, 1.807) is 4.90 Å². The van der Waals surface area contributed by atoms with Crippen molar-refractivity contribution in [1.82, 2.24) is 4.72 Å². The summed E-state index contributed by atoms with van der Waals surface area (Å²) in [6, 6.07) is 6.09. The van der Waals surface area contributed by atoms with E-state index in [4.69, 9.17) is 4.74 Å². The summed E-state index contributed by atoms with van der Waals surface area (Å²) in [5.41, 5.74) is -0.292. The molecule has 1 aliphatic rings. The molecule has 1 saturated heterocycles. The molecule has 8 nitrogen and oxygen atoms in total. The number of nitro groups is 1. The lowest BCUT2D eigenvalue weighted by atomic mass is 10.1. The summed E-state index contributed by atoms with van der Waals surface area (Å²) in [5, 5.41) is 11.4. The van der Waals surface area contributed by atoms with Crippen molar-refractivity contribution < 1.29 is 26.9 Å². The molecule has 29 heavy (non-hydrogen) atoms. The molecule has 2 aromatic rings. The number of halogens is 2. The molecule has 0 amide bonds. The average molecular weight is 427 g/mol. The number of anilines is 1. The van der Waals surface area contributed by atoms with E-state index in [1.165, 1.54) is 25.3 Å². The Balaban J connectivity index is 1.85. The fraction of sp³-hybridized carbons (Fsp3) is 0.333. The zero-order valence-corrected chi connectivity index (χ0v) is 16.3. The lowest BCUT2D eigenvalue weighted by Gasteiger charge is -2.34. The minimum absolute atomic E-state index is 0.129. The van der Waals surface area contributed by atoms with Crippen LogP contribution in [0.2, 0.25) is 0 Å². The van der Waals surface area contributed by atoms with Crippen LogP contribution in [0.4, 0.5) is 20.2 Å². The number of nitro benzene ring substituents is 1. The van der Waals surface area contributed by atoms with Crippen molar-refractivity contribution in [2.24, 2.45) is 0 Å². The summed E-state index contributed by atoms with van der Waals surface area (Å²) >= 11 is 0. The van der Waals surface area contributed by atoms with E-state index in [1.807, 2.05) is 0 Å². The van der Waals surface area contributed by atoms with Crippen LogP contribution in [-0.4, -0.2) is 39.6 Å². The molecule has 11 heteroatoms. The highest BCUT2D eigenvalue weighted by molar-refractivity contribution is 7.89. The van der Waals surface area contributed by atoms with Crippen molar-refractivity contribution in [3.05, 3.63) is 58.1 Å². The van der Waals surface area contributed by atoms with Gasteiger partial charge in [0.2, 0.25) is 10.0 Å². The van der Waals surface area contributed by atoms with Gasteiger partial charge in [0.25, 0.3) is 5.69 Å². The van der Waals surface area contributed by atoms with Gasteiger partial charge >= 0.3 is 0 Å². The van der Waals surface area contributed by atoms with Gasteiger partial charge < -0.3 is 9.64 Å². The van der Waals surface area contributed by atoms with Crippen LogP contribution in [0.5, 0.6) is 5.75 Å². The van der Waals surface area contributed by atoms with Gasteiger partial charge in [-0.25, -0.2) is 21.9 Å². The second kappa shape index (κ2) is 8.29. The Morgan fingerprint density at radius 1 is 1.28 bits per heavy atom. The molecule has 0 saturated carbocycles. The molecule has 0 spiro atoms. The molecule has 0 aromatic heterocycles. The number of piperidine rings is 1. The maximum absolute atomic E-state index is 13.9. The first-order valence-electron chi connectivity index (χ1n) is 8.76. The highest BCUT2D eigenvalue weighted by Crippen LogP contribution is 2.36. The van der Waals surface area contributed by atoms with Crippen LogP contribution in [-0.2, 0) is 10.0 Å². The summed E-state index contributed by atoms with van der Waals surface area (Å²) in [6.45, 7) is 0.554. The number of hydrogen-bond acceptors (Lipinski definition) is 6. The first kappa shape index (κ1) is 20.9. The number of nitrogens with zero attached hydrogens (tertiary/aromatic N) is 2. The van der Waals surface area contributed by atoms with Gasteiger partial charge in [-0.15, -0.1) is 0 Å². The number of benzene rings is 2. The Morgan fingerprint density at radius 3 is 2.69 bits per heavy atom. The lowest BCUT2D eigenvalue weighted by Crippen LogP contribution is -2.47. The van der Waals surface area contributed by atoms with Crippen LogP contribution in [0.25, 0.3) is 0 Å². The van der Waals surface area contributed by atoms with Gasteiger partial charge in [-0.2, -0.15) is 0 Å². The third-order valence-corrected chi connectivity index (χ3v) is 6.15. The summed E-state index contributed by atoms with van der Waals surface area (Å²) in [4.78, 5) is 12.1. The molecule has 0 bridgehead atoms. The van der Waals surface area contributed by atoms with E-state index in [9.17, 15) is 27.3 Å². The number of sulfonamides is 1. The highest BCUT2D eigenvalue weighted by atomic mass is 32.2. The van der Waals surface area contributed by atoms with Gasteiger partial charge in [0.05, 0.1) is 23.0 Å². The van der Waals surface area contributed by atoms with Crippen molar-refractivity contribution in [1.29, 1.82) is 0 Å². The van der Waals surface area contributed by atoms with E-state index < -0.39 is 38.3 Å². The maximum atomic E-state index is 13.9. The number of ether oxygens (including phenoxy) is 1. The number of methoxy groups -OCH3 is 1. The molecule has 1 N–H and O–H groups in total. The zero-order chi connectivity index (χ0) is 21.2. The largest absolute Gasteiger partial charge is 0.494 e. The van der Waals surface area contributed by atoms with E-state index in [-0.39, 0.29) is 22.9 Å². The van der Waals surface area contributed by atoms with Crippen LogP contribution in [0, 0.1) is 21.7 Å². The molecule has 0 radical (unpaired) electrons. The van der Waals surface area contributed by atoms with Gasteiger partial charge in [0.1, 0.15) is 11.5 Å². The molecular weight excluding hydrogens is 408 g/mol. The fourth-order valence-electron chi connectivity index (χ4n) is 3.30. The van der Waals surface area contributed by atoms with Crippen LogP contribution >= 0.6 is 0 Å². The summed E-state index contributed by atoms with van der Waals surface area (Å²) in [7, 11) is -2.72. The SMILES string of the molecule is COc1cc(N2CCCC(NS(=O)(=O)c3cccc(F)c3)C2)c([N+](=O)[O-])cc1F. The van der Waals surface area contributed by atoms with E-state index in [2.05, 4.69) is 4.72 Å². The molecule has 1 atom stereocenters. The Kier molecular flexibility index (Phi) is 5.99. The molecular formula is C18H19F2N3O5S. The zero-order valence-electron chi connectivity index (χ0n) is 15.5. The van der Waals surface area contributed by atoms with Gasteiger partial charge in [-0.3, -0.25) is 10.1 Å². The third-order valence-electron chi connectivity index (χ3n) is 4.64. The Labute approximate surface area is 166 Å². The van der Waals surface area contributed by atoms with E-state index in [0.717, 1.165) is 18.2 Å². The van der Waals surface area contributed by atoms with Crippen molar-refractivity contribution in [3.63, 3.8) is 0 Å². The fourth-order valence-corrected chi connectivity index (χ4v) is 4.59. The summed E-state index contributed by atoms with van der Waals surface area (Å²) < 4.78 is 59.8. The minimum atomic E-state index is -3.97. The molecule has 1 aliphatic heterocycles. The molecule has 1 fully saturated rings. The first-order valence-corrected chi connectivity index (χ1v) is 10.2. The topological polar surface area (TPSA) is 102 Å². The Hall–Kier alpha value is -2.79. The quantitative estimate of drug-likeness (QED) is 0.562. The number of rotatable bonds is 6. The standard InChI is InChI=1S/C18H19F2N3O5S/c1-28-18-10-16(17(23(24)25)9-15(18)20)22-7-3-5-13(11-22)21-29(26,27)14-6-2-4-12(19)8-14/h2,4,6,8-10,13,21H,3,5,7,11H2,1H3. The second-order valence-electron chi connectivity index (χ2n) is 6.60. The van der Waals surface area contributed by atoms with Crippen LogP contribution in [0.1, 0.15) is 12.8 Å². The second-order valence-corrected chi connectivity index (χ2v) is 8.31. The Bertz CT molecular complexity index is 1030. The van der Waals surface area contributed by atoms with Crippen molar-refractivity contribution >= 4 is 21.4 Å². The summed E-state index contributed by atoms with van der Waals surface area (Å²) in [6.07, 6.45) is 1.05. The van der Waals surface area contributed by atoms with Crippen molar-refractivity contribution in [2.75, 3.05) is 25.1 Å². The predicted molar refractivity (Wildman–Crippen MR) is 102 cm³/mol. The predicted octanol–water partition coefficient (Wildman–Crippen LogP) is 2.83. The average Bonchev–Trinajstić information content (AvgIpc) is 2.67. The molecule has 2 aromatic carbocycles. The summed E-state index contributed by atoms with van der Waals surface area (Å²) in [5.74, 6) is -1.68. The number of nitrogens with one attached hydrogen (secondary N) is 1. The van der Waals surface area contributed by atoms with Crippen molar-refractivity contribution in [3.8, 4) is 5.75 Å². The van der Waals surface area contributed by atoms with E-state index in [0.29, 0.717) is 19.4 Å². The maximum Gasteiger partial charge on any atom is 0.295 e. The van der Waals surface area contributed by atoms with Gasteiger partial charge in [0, 0.05) is 25.2 Å². The molecule has 3 rings (SSSR count). The normalized spacial score (nSPS) is 17.2. The first-order chi connectivity index (χ1) is 13.7. The Morgan fingerprint density at radius 2 is 2.03 bits per heavy atom. The molecule has 1 unspecified atom stereocenters. The third kappa shape index (κ3) is 4.62. The molecule has 156 valence electrons. The van der Waals surface area contributed by atoms with Gasteiger partial charge in [-0.1, -0.05) is 6.07 Å². The van der Waals surface area contributed by atoms with Crippen LogP contribution in [0.3, 0.4) is 0 Å². The lowest BCUT2D eigenvalue weighted by molar-refractivity contribution is -0.384. The molecule has 1 heterocycles. The highest BCUT2D eigenvalue weighted by Gasteiger charge is 2.30. The molecule has 0 aliphatic carbocycles. The van der Waals surface area contributed by atoms with Gasteiger partial charge in [0.15, 0.2) is 11.6 Å². The van der Waals surface area contributed by atoms with Gasteiger partial charge in [-0.05, 0) is 31.0 Å². The van der Waals surface area contributed by atoms with Crippen LogP contribution < -0.4 is 14.4 Å². The monoisotopic (exact) mass is 427 g/mol.